The largest absolute Gasteiger partial charge is 0.328 e. The van der Waals surface area contributed by atoms with E-state index in [1.54, 1.807) is 6.07 Å². The Morgan fingerprint density at radius 3 is 2.35 bits per heavy atom. The van der Waals surface area contributed by atoms with E-state index in [0.717, 1.165) is 5.56 Å². The first-order valence-electron chi connectivity index (χ1n) is 7.95. The van der Waals surface area contributed by atoms with Crippen molar-refractivity contribution in [2.75, 3.05) is 0 Å². The van der Waals surface area contributed by atoms with E-state index in [2.05, 4.69) is 4.99 Å². The summed E-state index contributed by atoms with van der Waals surface area (Å²) in [5, 5.41) is 0. The first-order valence-corrected chi connectivity index (χ1v) is 8.83. The number of carbonyl (C=O) groups is 1. The minimum absolute atomic E-state index is 0.360. The number of carbonyl (C=O) groups excluding carboxylic acids is 1. The average Bonchev–Trinajstić information content (AvgIpc) is 2.64. The van der Waals surface area contributed by atoms with E-state index in [0.29, 0.717) is 34.3 Å². The Hall–Kier alpha value is -2.73. The molecule has 2 aromatic carbocycles. The van der Waals surface area contributed by atoms with Crippen LogP contribution in [0, 0.1) is 0 Å². The van der Waals surface area contributed by atoms with Crippen LogP contribution in [0.25, 0.3) is 0 Å². The second-order valence-corrected chi connectivity index (χ2v) is 6.56. The van der Waals surface area contributed by atoms with Crippen LogP contribution in [0.1, 0.15) is 15.9 Å². The number of thioether (sulfide) groups is 1. The summed E-state index contributed by atoms with van der Waals surface area (Å²) >= 11 is 0.447. The Morgan fingerprint density at radius 1 is 0.962 bits per heavy atom. The Labute approximate surface area is 154 Å². The Balaban J connectivity index is 1.84. The van der Waals surface area contributed by atoms with Crippen molar-refractivity contribution in [3.05, 3.63) is 95.6 Å². The fourth-order valence-electron chi connectivity index (χ4n) is 2.43. The van der Waals surface area contributed by atoms with Gasteiger partial charge in [-0.2, -0.15) is 13.8 Å². The van der Waals surface area contributed by atoms with Crippen molar-refractivity contribution in [3.63, 3.8) is 0 Å². The molecule has 0 aliphatic heterocycles. The van der Waals surface area contributed by atoms with Gasteiger partial charge < -0.3 is 4.57 Å². The molecule has 3 rings (SSSR count). The normalized spacial score (nSPS) is 11.7. The van der Waals surface area contributed by atoms with Crippen LogP contribution in [-0.4, -0.2) is 16.2 Å². The maximum atomic E-state index is 12.4. The number of nitrogens with zero attached hydrogens (tertiary/aromatic N) is 2. The fourth-order valence-corrected chi connectivity index (χ4v) is 2.93. The summed E-state index contributed by atoms with van der Waals surface area (Å²) in [6, 6.07) is 21.4. The number of amides is 1. The third-order valence-electron chi connectivity index (χ3n) is 3.65. The van der Waals surface area contributed by atoms with E-state index in [9.17, 15) is 13.6 Å². The molecule has 0 aliphatic carbocycles. The molecule has 0 saturated heterocycles. The maximum Gasteiger partial charge on any atom is 0.288 e. The van der Waals surface area contributed by atoms with Gasteiger partial charge in [-0.1, -0.05) is 48.2 Å². The average molecular weight is 370 g/mol. The lowest BCUT2D eigenvalue weighted by atomic mass is 10.2. The molecule has 0 spiro atoms. The standard InChI is InChI=1S/C20H16F2N2OS/c21-20(22)26-17-11-9-16(10-12-17)19(25)23-18-8-4-5-13-24(18)14-15-6-2-1-3-7-15/h1-13,20H,14H2. The molecule has 1 aromatic heterocycles. The smallest absolute Gasteiger partial charge is 0.288 e. The summed E-state index contributed by atoms with van der Waals surface area (Å²) in [6.45, 7) is 0.595. The monoisotopic (exact) mass is 370 g/mol. The van der Waals surface area contributed by atoms with Crippen molar-refractivity contribution in [1.82, 2.24) is 4.57 Å². The molecule has 1 heterocycles. The first kappa shape index (κ1) is 18.1. The van der Waals surface area contributed by atoms with Gasteiger partial charge in [-0.15, -0.1) is 0 Å². The number of rotatable bonds is 5. The second kappa shape index (κ2) is 8.58. The van der Waals surface area contributed by atoms with E-state index in [1.165, 1.54) is 24.3 Å². The van der Waals surface area contributed by atoms with E-state index in [-0.39, 0.29) is 0 Å². The third-order valence-corrected chi connectivity index (χ3v) is 4.38. The molecule has 3 aromatic rings. The molecule has 3 nitrogen and oxygen atoms in total. The number of halogens is 2. The zero-order chi connectivity index (χ0) is 18.4. The van der Waals surface area contributed by atoms with Crippen molar-refractivity contribution in [2.24, 2.45) is 4.99 Å². The molecule has 0 fully saturated rings. The number of hydrogen-bond acceptors (Lipinski definition) is 2. The van der Waals surface area contributed by atoms with E-state index in [4.69, 9.17) is 0 Å². The van der Waals surface area contributed by atoms with E-state index < -0.39 is 11.7 Å². The highest BCUT2D eigenvalue weighted by Crippen LogP contribution is 2.25. The van der Waals surface area contributed by atoms with Gasteiger partial charge in [0, 0.05) is 23.2 Å². The predicted molar refractivity (Wildman–Crippen MR) is 98.2 cm³/mol. The quantitative estimate of drug-likeness (QED) is 0.616. The van der Waals surface area contributed by atoms with Crippen LogP contribution in [0.3, 0.4) is 0 Å². The summed E-state index contributed by atoms with van der Waals surface area (Å²) in [5.74, 6) is -2.89. The van der Waals surface area contributed by atoms with Crippen molar-refractivity contribution in [2.45, 2.75) is 17.2 Å². The van der Waals surface area contributed by atoms with Crippen LogP contribution in [-0.2, 0) is 6.54 Å². The summed E-state index contributed by atoms with van der Waals surface area (Å²) in [4.78, 5) is 17.0. The van der Waals surface area contributed by atoms with Crippen LogP contribution in [0.15, 0.2) is 88.9 Å². The number of hydrogen-bond donors (Lipinski definition) is 0. The topological polar surface area (TPSA) is 34.4 Å². The molecule has 0 N–H and O–H groups in total. The molecule has 0 radical (unpaired) electrons. The molecular weight excluding hydrogens is 354 g/mol. The Kier molecular flexibility index (Phi) is 5.96. The maximum absolute atomic E-state index is 12.4. The van der Waals surface area contributed by atoms with Gasteiger partial charge in [0.1, 0.15) is 5.49 Å². The van der Waals surface area contributed by atoms with Gasteiger partial charge in [0.2, 0.25) is 0 Å². The molecule has 0 saturated carbocycles. The van der Waals surface area contributed by atoms with Gasteiger partial charge in [-0.05, 0) is 42.0 Å². The van der Waals surface area contributed by atoms with Crippen molar-refractivity contribution in [1.29, 1.82) is 0 Å². The van der Waals surface area contributed by atoms with Gasteiger partial charge in [0.15, 0.2) is 0 Å². The minimum atomic E-state index is -2.48. The SMILES string of the molecule is O=C(N=c1ccccn1Cc1ccccc1)c1ccc(SC(F)F)cc1. The van der Waals surface area contributed by atoms with Gasteiger partial charge >= 0.3 is 0 Å². The first-order chi connectivity index (χ1) is 12.6. The number of aromatic nitrogens is 1. The highest BCUT2D eigenvalue weighted by Gasteiger charge is 2.08. The van der Waals surface area contributed by atoms with Crippen LogP contribution in [0.5, 0.6) is 0 Å². The molecule has 0 bridgehead atoms. The Morgan fingerprint density at radius 2 is 1.65 bits per heavy atom. The fraction of sp³-hybridized carbons (Fsp3) is 0.100. The summed E-state index contributed by atoms with van der Waals surface area (Å²) < 4.78 is 26.6. The highest BCUT2D eigenvalue weighted by atomic mass is 32.2. The van der Waals surface area contributed by atoms with Gasteiger partial charge in [-0.25, -0.2) is 0 Å². The lowest BCUT2D eigenvalue weighted by molar-refractivity contribution is 0.0997. The molecular formula is C20H16F2N2OS. The van der Waals surface area contributed by atoms with Crippen LogP contribution in [0.4, 0.5) is 8.78 Å². The molecule has 26 heavy (non-hydrogen) atoms. The van der Waals surface area contributed by atoms with Crippen molar-refractivity contribution < 1.29 is 13.6 Å². The van der Waals surface area contributed by atoms with Crippen LogP contribution < -0.4 is 5.49 Å². The Bertz CT molecular complexity index is 938. The van der Waals surface area contributed by atoms with E-state index >= 15 is 0 Å². The minimum Gasteiger partial charge on any atom is -0.328 e. The molecule has 132 valence electrons. The van der Waals surface area contributed by atoms with Crippen LogP contribution >= 0.6 is 11.8 Å². The van der Waals surface area contributed by atoms with Gasteiger partial charge in [0.05, 0.1) is 0 Å². The second-order valence-electron chi connectivity index (χ2n) is 5.49. The summed E-state index contributed by atoms with van der Waals surface area (Å²) in [7, 11) is 0. The van der Waals surface area contributed by atoms with Crippen molar-refractivity contribution in [3.8, 4) is 0 Å². The predicted octanol–water partition coefficient (Wildman–Crippen LogP) is 4.59. The van der Waals surface area contributed by atoms with E-state index in [1.807, 2.05) is 53.2 Å². The van der Waals surface area contributed by atoms with Gasteiger partial charge in [-0.3, -0.25) is 4.79 Å². The lowest BCUT2D eigenvalue weighted by Gasteiger charge is -2.07. The number of pyridine rings is 1. The van der Waals surface area contributed by atoms with Gasteiger partial charge in [0.25, 0.3) is 11.7 Å². The molecule has 0 atom stereocenters. The summed E-state index contributed by atoms with van der Waals surface area (Å²) in [5.41, 5.74) is 1.99. The highest BCUT2D eigenvalue weighted by molar-refractivity contribution is 7.99. The molecule has 6 heteroatoms. The zero-order valence-corrected chi connectivity index (χ0v) is 14.6. The number of alkyl halides is 2. The lowest BCUT2D eigenvalue weighted by Crippen LogP contribution is -2.22. The zero-order valence-electron chi connectivity index (χ0n) is 13.8. The molecule has 0 aliphatic rings. The summed E-state index contributed by atoms with van der Waals surface area (Å²) in [6.07, 6.45) is 1.86. The van der Waals surface area contributed by atoms with Crippen molar-refractivity contribution >= 4 is 17.7 Å². The molecule has 0 unspecified atom stereocenters. The molecule has 1 amide bonds. The number of benzene rings is 2. The third kappa shape index (κ3) is 4.89. The van der Waals surface area contributed by atoms with Crippen LogP contribution in [0.2, 0.25) is 0 Å².